The number of pyridine rings is 1. The van der Waals surface area contributed by atoms with Crippen molar-refractivity contribution in [1.29, 1.82) is 0 Å². The molecule has 0 atom stereocenters. The Hall–Kier alpha value is -2.80. The standard InChI is InChI=1S/C23H34N4O3/c1-4-24-23(25-12-6-8-14-27-13-7-5-9-22(27)28)26-18-20-11-10-19(2)17-21(20)30-16-15-29-3/h5,7,9-11,13,17H,4,6,8,12,14-16,18H2,1-3H3,(H2,24,25,26). The minimum absolute atomic E-state index is 0.0435. The van der Waals surface area contributed by atoms with Crippen LogP contribution in [0.15, 0.2) is 52.4 Å². The van der Waals surface area contributed by atoms with Crippen molar-refractivity contribution >= 4 is 5.96 Å². The summed E-state index contributed by atoms with van der Waals surface area (Å²) in [6.45, 7) is 7.98. The third-order valence-corrected chi connectivity index (χ3v) is 4.54. The fourth-order valence-electron chi connectivity index (χ4n) is 2.93. The van der Waals surface area contributed by atoms with Crippen LogP contribution in [0, 0.1) is 6.92 Å². The third-order valence-electron chi connectivity index (χ3n) is 4.54. The van der Waals surface area contributed by atoms with E-state index in [9.17, 15) is 4.79 Å². The zero-order valence-corrected chi connectivity index (χ0v) is 18.3. The van der Waals surface area contributed by atoms with Gasteiger partial charge in [-0.05, 0) is 44.4 Å². The Morgan fingerprint density at radius 1 is 1.13 bits per heavy atom. The number of aliphatic imine (C=N–C) groups is 1. The Morgan fingerprint density at radius 3 is 2.77 bits per heavy atom. The van der Waals surface area contributed by atoms with E-state index in [0.717, 1.165) is 55.3 Å². The lowest BCUT2D eigenvalue weighted by Gasteiger charge is -2.14. The molecular weight excluding hydrogens is 380 g/mol. The maximum absolute atomic E-state index is 11.7. The first-order valence-electron chi connectivity index (χ1n) is 10.5. The summed E-state index contributed by atoms with van der Waals surface area (Å²) in [5.74, 6) is 1.62. The molecule has 0 fully saturated rings. The van der Waals surface area contributed by atoms with Gasteiger partial charge in [0.15, 0.2) is 5.96 Å². The molecule has 7 heteroatoms. The summed E-state index contributed by atoms with van der Waals surface area (Å²) < 4.78 is 12.7. The fraction of sp³-hybridized carbons (Fsp3) is 0.478. The van der Waals surface area contributed by atoms with Crippen LogP contribution >= 0.6 is 0 Å². The van der Waals surface area contributed by atoms with E-state index in [1.54, 1.807) is 23.8 Å². The quantitative estimate of drug-likeness (QED) is 0.317. The molecule has 0 radical (unpaired) electrons. The number of unbranched alkanes of at least 4 members (excludes halogenated alkanes) is 1. The Bertz CT molecular complexity index is 848. The minimum Gasteiger partial charge on any atom is -0.491 e. The molecule has 1 aromatic heterocycles. The molecule has 164 valence electrons. The molecule has 2 rings (SSSR count). The highest BCUT2D eigenvalue weighted by molar-refractivity contribution is 5.79. The molecule has 2 N–H and O–H groups in total. The third kappa shape index (κ3) is 8.29. The van der Waals surface area contributed by atoms with E-state index in [-0.39, 0.29) is 5.56 Å². The van der Waals surface area contributed by atoms with Crippen molar-refractivity contribution < 1.29 is 9.47 Å². The van der Waals surface area contributed by atoms with E-state index in [2.05, 4.69) is 22.8 Å². The molecule has 0 aliphatic rings. The van der Waals surface area contributed by atoms with Gasteiger partial charge in [0.1, 0.15) is 12.4 Å². The molecule has 0 amide bonds. The average molecular weight is 415 g/mol. The van der Waals surface area contributed by atoms with Gasteiger partial charge in [0.2, 0.25) is 5.56 Å². The van der Waals surface area contributed by atoms with Gasteiger partial charge in [0.25, 0.3) is 0 Å². The minimum atomic E-state index is 0.0435. The van der Waals surface area contributed by atoms with Gasteiger partial charge in [0.05, 0.1) is 13.2 Å². The summed E-state index contributed by atoms with van der Waals surface area (Å²) in [6, 6.07) is 11.4. The van der Waals surface area contributed by atoms with Gasteiger partial charge < -0.3 is 24.7 Å². The molecule has 0 aliphatic heterocycles. The number of ether oxygens (including phenoxy) is 2. The smallest absolute Gasteiger partial charge is 0.250 e. The molecule has 1 heterocycles. The Kier molecular flexibility index (Phi) is 10.5. The van der Waals surface area contributed by atoms with Gasteiger partial charge in [-0.25, -0.2) is 4.99 Å². The monoisotopic (exact) mass is 414 g/mol. The molecular formula is C23H34N4O3. The Balaban J connectivity index is 1.86. The molecule has 1 aromatic carbocycles. The van der Waals surface area contributed by atoms with Crippen LogP contribution in [-0.2, 0) is 17.8 Å². The summed E-state index contributed by atoms with van der Waals surface area (Å²) >= 11 is 0. The number of aromatic nitrogens is 1. The van der Waals surface area contributed by atoms with Crippen LogP contribution in [0.1, 0.15) is 30.9 Å². The predicted octanol–water partition coefficient (Wildman–Crippen LogP) is 2.72. The molecule has 0 spiro atoms. The molecule has 0 saturated heterocycles. The number of benzene rings is 1. The van der Waals surface area contributed by atoms with E-state index in [0.29, 0.717) is 19.8 Å². The summed E-state index contributed by atoms with van der Waals surface area (Å²) in [7, 11) is 1.66. The summed E-state index contributed by atoms with van der Waals surface area (Å²) in [5, 5.41) is 6.64. The van der Waals surface area contributed by atoms with Gasteiger partial charge in [-0.2, -0.15) is 0 Å². The van der Waals surface area contributed by atoms with Gasteiger partial charge in [-0.15, -0.1) is 0 Å². The van der Waals surface area contributed by atoms with Crippen molar-refractivity contribution in [3.63, 3.8) is 0 Å². The van der Waals surface area contributed by atoms with E-state index in [4.69, 9.17) is 14.5 Å². The first-order chi connectivity index (χ1) is 14.6. The van der Waals surface area contributed by atoms with Crippen molar-refractivity contribution in [2.24, 2.45) is 4.99 Å². The van der Waals surface area contributed by atoms with E-state index < -0.39 is 0 Å². The lowest BCUT2D eigenvalue weighted by molar-refractivity contribution is 0.145. The lowest BCUT2D eigenvalue weighted by Crippen LogP contribution is -2.37. The number of aryl methyl sites for hydroxylation is 2. The van der Waals surface area contributed by atoms with Gasteiger partial charge in [-0.3, -0.25) is 4.79 Å². The first kappa shape index (κ1) is 23.5. The maximum Gasteiger partial charge on any atom is 0.250 e. The van der Waals surface area contributed by atoms with Crippen LogP contribution < -0.4 is 20.9 Å². The second-order valence-corrected chi connectivity index (χ2v) is 7.01. The number of methoxy groups -OCH3 is 1. The van der Waals surface area contributed by atoms with E-state index in [1.807, 2.05) is 32.2 Å². The zero-order chi connectivity index (χ0) is 21.6. The number of hydrogen-bond acceptors (Lipinski definition) is 4. The number of rotatable bonds is 12. The van der Waals surface area contributed by atoms with Crippen LogP contribution in [-0.4, -0.2) is 43.9 Å². The van der Waals surface area contributed by atoms with Gasteiger partial charge >= 0.3 is 0 Å². The SMILES string of the molecule is CCNC(=NCc1ccc(C)cc1OCCOC)NCCCCn1ccccc1=O. The van der Waals surface area contributed by atoms with Crippen LogP contribution in [0.2, 0.25) is 0 Å². The topological polar surface area (TPSA) is 76.9 Å². The molecule has 7 nitrogen and oxygen atoms in total. The number of hydrogen-bond donors (Lipinski definition) is 2. The van der Waals surface area contributed by atoms with Crippen molar-refractivity contribution in [2.75, 3.05) is 33.4 Å². The van der Waals surface area contributed by atoms with Crippen molar-refractivity contribution in [1.82, 2.24) is 15.2 Å². The Morgan fingerprint density at radius 2 is 2.00 bits per heavy atom. The highest BCUT2D eigenvalue weighted by Gasteiger charge is 2.05. The largest absolute Gasteiger partial charge is 0.491 e. The summed E-state index contributed by atoms with van der Waals surface area (Å²) in [5.41, 5.74) is 2.23. The first-order valence-corrected chi connectivity index (χ1v) is 10.5. The van der Waals surface area contributed by atoms with Gasteiger partial charge in [0, 0.05) is 44.6 Å². The normalized spacial score (nSPS) is 11.4. The molecule has 0 saturated carbocycles. The van der Waals surface area contributed by atoms with E-state index >= 15 is 0 Å². The highest BCUT2D eigenvalue weighted by atomic mass is 16.5. The predicted molar refractivity (Wildman–Crippen MR) is 121 cm³/mol. The fourth-order valence-corrected chi connectivity index (χ4v) is 2.93. The second kappa shape index (κ2) is 13.4. The van der Waals surface area contributed by atoms with Crippen molar-refractivity contribution in [3.05, 3.63) is 64.1 Å². The van der Waals surface area contributed by atoms with Crippen LogP contribution in [0.4, 0.5) is 0 Å². The number of nitrogens with zero attached hydrogens (tertiary/aromatic N) is 2. The zero-order valence-electron chi connectivity index (χ0n) is 18.3. The summed E-state index contributed by atoms with van der Waals surface area (Å²) in [4.78, 5) is 16.4. The molecule has 0 aliphatic carbocycles. The van der Waals surface area contributed by atoms with Crippen LogP contribution in [0.3, 0.4) is 0 Å². The second-order valence-electron chi connectivity index (χ2n) is 7.01. The summed E-state index contributed by atoms with van der Waals surface area (Å²) in [6.07, 6.45) is 3.70. The molecule has 0 unspecified atom stereocenters. The lowest BCUT2D eigenvalue weighted by atomic mass is 10.1. The van der Waals surface area contributed by atoms with Crippen molar-refractivity contribution in [2.45, 2.75) is 39.8 Å². The van der Waals surface area contributed by atoms with Crippen molar-refractivity contribution in [3.8, 4) is 5.75 Å². The maximum atomic E-state index is 11.7. The molecule has 30 heavy (non-hydrogen) atoms. The van der Waals surface area contributed by atoms with E-state index in [1.165, 1.54) is 0 Å². The van der Waals surface area contributed by atoms with Crippen LogP contribution in [0.5, 0.6) is 5.75 Å². The Labute approximate surface area is 179 Å². The number of guanidine groups is 1. The average Bonchev–Trinajstić information content (AvgIpc) is 2.74. The molecule has 2 aromatic rings. The highest BCUT2D eigenvalue weighted by Crippen LogP contribution is 2.21. The number of nitrogens with one attached hydrogen (secondary N) is 2. The van der Waals surface area contributed by atoms with Gasteiger partial charge in [-0.1, -0.05) is 18.2 Å². The van der Waals surface area contributed by atoms with Crippen LogP contribution in [0.25, 0.3) is 0 Å². The molecule has 0 bridgehead atoms.